The second kappa shape index (κ2) is 7.57. The van der Waals surface area contributed by atoms with Crippen LogP contribution in [0.15, 0.2) is 54.6 Å². The zero-order valence-corrected chi connectivity index (χ0v) is 15.6. The van der Waals surface area contributed by atoms with Gasteiger partial charge in [0.1, 0.15) is 5.75 Å². The van der Waals surface area contributed by atoms with E-state index in [1.807, 2.05) is 39.9 Å². The summed E-state index contributed by atoms with van der Waals surface area (Å²) in [6, 6.07) is 18.8. The van der Waals surface area contributed by atoms with Crippen LogP contribution in [-0.2, 0) is 13.1 Å². The van der Waals surface area contributed by atoms with Gasteiger partial charge in [0.05, 0.1) is 36.7 Å². The number of nitriles is 1. The third-order valence-electron chi connectivity index (χ3n) is 4.93. The summed E-state index contributed by atoms with van der Waals surface area (Å²) in [5.74, 6) is 0.749. The lowest BCUT2D eigenvalue weighted by molar-refractivity contribution is 0.0745. The van der Waals surface area contributed by atoms with Gasteiger partial charge in [-0.05, 0) is 55.0 Å². The maximum atomic E-state index is 13.0. The first-order chi connectivity index (χ1) is 13.7. The fourth-order valence-electron chi connectivity index (χ4n) is 3.44. The molecule has 140 valence electrons. The van der Waals surface area contributed by atoms with Crippen molar-refractivity contribution in [2.45, 2.75) is 19.5 Å². The number of carbonyl (C=O) groups is 1. The highest BCUT2D eigenvalue weighted by atomic mass is 16.5. The molecule has 1 aliphatic heterocycles. The number of amides is 1. The average Bonchev–Trinajstić information content (AvgIpc) is 3.04. The monoisotopic (exact) mass is 372 g/mol. The standard InChI is InChI=1S/C22H20N4O2/c1-28-20-8-6-17(7-9-20)21-13-19-15-25(10-3-11-26(19)24-21)22(27)18-5-2-4-16(12-18)14-23/h2,4-9,12-13H,3,10-11,15H2,1H3. The van der Waals surface area contributed by atoms with Crippen molar-refractivity contribution >= 4 is 5.91 Å². The van der Waals surface area contributed by atoms with Gasteiger partial charge in [-0.3, -0.25) is 9.48 Å². The first-order valence-electron chi connectivity index (χ1n) is 9.18. The Morgan fingerprint density at radius 2 is 1.96 bits per heavy atom. The van der Waals surface area contributed by atoms with Gasteiger partial charge in [-0.2, -0.15) is 10.4 Å². The molecule has 1 amide bonds. The van der Waals surface area contributed by atoms with E-state index < -0.39 is 0 Å². The Morgan fingerprint density at radius 3 is 2.71 bits per heavy atom. The van der Waals surface area contributed by atoms with Crippen molar-refractivity contribution in [1.82, 2.24) is 14.7 Å². The normalized spacial score (nSPS) is 13.4. The summed E-state index contributed by atoms with van der Waals surface area (Å²) in [6.45, 7) is 1.93. The van der Waals surface area contributed by atoms with E-state index in [0.29, 0.717) is 24.2 Å². The molecular weight excluding hydrogens is 352 g/mol. The molecule has 0 saturated heterocycles. The van der Waals surface area contributed by atoms with E-state index in [2.05, 4.69) is 6.07 Å². The molecule has 0 radical (unpaired) electrons. The number of fused-ring (bicyclic) bond motifs is 1. The van der Waals surface area contributed by atoms with Gasteiger partial charge >= 0.3 is 0 Å². The SMILES string of the molecule is COc1ccc(-c2cc3n(n2)CCCN(C(=O)c2cccc(C#N)c2)C3)cc1. The molecule has 0 saturated carbocycles. The molecule has 2 aromatic carbocycles. The van der Waals surface area contributed by atoms with E-state index in [9.17, 15) is 4.79 Å². The molecule has 0 aliphatic carbocycles. The van der Waals surface area contributed by atoms with Gasteiger partial charge in [-0.25, -0.2) is 0 Å². The zero-order chi connectivity index (χ0) is 19.5. The van der Waals surface area contributed by atoms with Crippen LogP contribution in [0, 0.1) is 11.3 Å². The smallest absolute Gasteiger partial charge is 0.254 e. The predicted molar refractivity (Wildman–Crippen MR) is 105 cm³/mol. The van der Waals surface area contributed by atoms with Gasteiger partial charge in [-0.1, -0.05) is 6.07 Å². The molecule has 0 atom stereocenters. The van der Waals surface area contributed by atoms with Crippen molar-refractivity contribution in [2.24, 2.45) is 0 Å². The minimum Gasteiger partial charge on any atom is -0.497 e. The van der Waals surface area contributed by atoms with Crippen LogP contribution < -0.4 is 4.74 Å². The van der Waals surface area contributed by atoms with E-state index in [-0.39, 0.29) is 5.91 Å². The molecule has 0 spiro atoms. The topological polar surface area (TPSA) is 71.2 Å². The number of carbonyl (C=O) groups excluding carboxylic acids is 1. The fourth-order valence-corrected chi connectivity index (χ4v) is 3.44. The Balaban J connectivity index is 1.58. The quantitative estimate of drug-likeness (QED) is 0.706. The number of hydrogen-bond acceptors (Lipinski definition) is 4. The second-order valence-corrected chi connectivity index (χ2v) is 6.75. The summed E-state index contributed by atoms with van der Waals surface area (Å²) in [4.78, 5) is 14.8. The Hall–Kier alpha value is -3.59. The summed E-state index contributed by atoms with van der Waals surface area (Å²) in [5.41, 5.74) is 3.95. The molecular formula is C22H20N4O2. The summed E-state index contributed by atoms with van der Waals surface area (Å²) >= 11 is 0. The fraction of sp³-hybridized carbons (Fsp3) is 0.227. The largest absolute Gasteiger partial charge is 0.497 e. The highest BCUT2D eigenvalue weighted by Crippen LogP contribution is 2.24. The van der Waals surface area contributed by atoms with Gasteiger partial charge in [0.25, 0.3) is 5.91 Å². The molecule has 4 rings (SSSR count). The molecule has 6 nitrogen and oxygen atoms in total. The highest BCUT2D eigenvalue weighted by molar-refractivity contribution is 5.94. The summed E-state index contributed by atoms with van der Waals surface area (Å²) in [6.07, 6.45) is 0.834. The number of aromatic nitrogens is 2. The van der Waals surface area contributed by atoms with Crippen LogP contribution in [0.2, 0.25) is 0 Å². The first kappa shape index (κ1) is 17.8. The molecule has 0 bridgehead atoms. The lowest BCUT2D eigenvalue weighted by Gasteiger charge is -2.20. The van der Waals surface area contributed by atoms with Crippen LogP contribution in [0.4, 0.5) is 0 Å². The number of benzene rings is 2. The molecule has 6 heteroatoms. The molecule has 1 aromatic heterocycles. The van der Waals surface area contributed by atoms with Crippen molar-refractivity contribution in [3.05, 3.63) is 71.4 Å². The van der Waals surface area contributed by atoms with Crippen LogP contribution >= 0.6 is 0 Å². The number of methoxy groups -OCH3 is 1. The van der Waals surface area contributed by atoms with Crippen molar-refractivity contribution in [2.75, 3.05) is 13.7 Å². The van der Waals surface area contributed by atoms with Crippen LogP contribution in [0.25, 0.3) is 11.3 Å². The zero-order valence-electron chi connectivity index (χ0n) is 15.6. The highest BCUT2D eigenvalue weighted by Gasteiger charge is 2.22. The maximum Gasteiger partial charge on any atom is 0.254 e. The predicted octanol–water partition coefficient (Wildman–Crippen LogP) is 3.48. The Kier molecular flexibility index (Phi) is 4.81. The van der Waals surface area contributed by atoms with Gasteiger partial charge in [0.15, 0.2) is 0 Å². The minimum absolute atomic E-state index is 0.0576. The van der Waals surface area contributed by atoms with Crippen LogP contribution in [0.3, 0.4) is 0 Å². The third kappa shape index (κ3) is 3.47. The number of nitrogens with zero attached hydrogens (tertiary/aromatic N) is 4. The van der Waals surface area contributed by atoms with Crippen LogP contribution in [-0.4, -0.2) is 34.2 Å². The number of ether oxygens (including phenoxy) is 1. The molecule has 0 N–H and O–H groups in total. The molecule has 1 aliphatic rings. The Morgan fingerprint density at radius 1 is 1.14 bits per heavy atom. The number of hydrogen-bond donors (Lipinski definition) is 0. The summed E-state index contributed by atoms with van der Waals surface area (Å²) in [5, 5.41) is 13.8. The lowest BCUT2D eigenvalue weighted by atomic mass is 10.1. The minimum atomic E-state index is -0.0576. The van der Waals surface area contributed by atoms with E-state index in [4.69, 9.17) is 15.1 Å². The van der Waals surface area contributed by atoms with Gasteiger partial charge < -0.3 is 9.64 Å². The number of aryl methyl sites for hydroxylation is 1. The lowest BCUT2D eigenvalue weighted by Crippen LogP contribution is -2.30. The van der Waals surface area contributed by atoms with Gasteiger partial charge in [0.2, 0.25) is 0 Å². The average molecular weight is 372 g/mol. The summed E-state index contributed by atoms with van der Waals surface area (Å²) in [7, 11) is 1.64. The van der Waals surface area contributed by atoms with Gasteiger partial charge in [0, 0.05) is 24.2 Å². The van der Waals surface area contributed by atoms with Crippen molar-refractivity contribution in [3.8, 4) is 23.1 Å². The van der Waals surface area contributed by atoms with Gasteiger partial charge in [-0.15, -0.1) is 0 Å². The third-order valence-corrected chi connectivity index (χ3v) is 4.93. The van der Waals surface area contributed by atoms with E-state index in [1.165, 1.54) is 0 Å². The molecule has 2 heterocycles. The first-order valence-corrected chi connectivity index (χ1v) is 9.18. The maximum absolute atomic E-state index is 13.0. The second-order valence-electron chi connectivity index (χ2n) is 6.75. The molecule has 3 aromatic rings. The van der Waals surface area contributed by atoms with E-state index in [1.54, 1.807) is 31.4 Å². The van der Waals surface area contributed by atoms with Crippen LogP contribution in [0.5, 0.6) is 5.75 Å². The molecule has 28 heavy (non-hydrogen) atoms. The van der Waals surface area contributed by atoms with E-state index >= 15 is 0 Å². The summed E-state index contributed by atoms with van der Waals surface area (Å²) < 4.78 is 7.20. The van der Waals surface area contributed by atoms with E-state index in [0.717, 1.165) is 35.7 Å². The molecule has 0 unspecified atom stereocenters. The Bertz CT molecular complexity index is 1050. The molecule has 0 fully saturated rings. The van der Waals surface area contributed by atoms with Crippen LogP contribution in [0.1, 0.15) is 28.0 Å². The van der Waals surface area contributed by atoms with Crippen molar-refractivity contribution < 1.29 is 9.53 Å². The number of rotatable bonds is 3. The van der Waals surface area contributed by atoms with Crippen molar-refractivity contribution in [3.63, 3.8) is 0 Å². The van der Waals surface area contributed by atoms with Crippen molar-refractivity contribution in [1.29, 1.82) is 5.26 Å². The Labute approximate surface area is 163 Å².